The molecule has 9 nitrogen and oxygen atoms in total. The molecule has 12 atom stereocenters. The number of alkyl carbamates (subject to hydrolysis) is 1. The molecule has 1 saturated heterocycles. The van der Waals surface area contributed by atoms with Crippen LogP contribution in [0.25, 0.3) is 0 Å². The number of amides is 2. The van der Waals surface area contributed by atoms with Crippen LogP contribution in [0.5, 0.6) is 0 Å². The summed E-state index contributed by atoms with van der Waals surface area (Å²) < 4.78 is 56.2. The van der Waals surface area contributed by atoms with Crippen LogP contribution in [0.4, 0.5) is 22.8 Å². The van der Waals surface area contributed by atoms with Gasteiger partial charge in [-0.25, -0.2) is 9.59 Å². The van der Waals surface area contributed by atoms with Gasteiger partial charge >= 0.3 is 18.4 Å². The number of nitrogens with zero attached hydrogens (tertiary/aromatic N) is 2. The van der Waals surface area contributed by atoms with E-state index in [9.17, 15) is 27.9 Å². The van der Waals surface area contributed by atoms with Crippen molar-refractivity contribution < 1.29 is 42.1 Å². The molecule has 6 rings (SSSR count). The minimum atomic E-state index is -4.24. The van der Waals surface area contributed by atoms with Crippen molar-refractivity contribution in [3.63, 3.8) is 0 Å². The van der Waals surface area contributed by atoms with E-state index < -0.39 is 24.9 Å². The Morgan fingerprint density at radius 2 is 1.62 bits per heavy atom. The highest BCUT2D eigenvalue weighted by atomic mass is 19.4. The Morgan fingerprint density at radius 1 is 0.981 bits per heavy atom. The number of carbonyl (C=O) groups excluding carboxylic acids is 2. The van der Waals surface area contributed by atoms with Crippen LogP contribution < -0.4 is 5.32 Å². The average Bonchev–Trinajstić information content (AvgIpc) is 3.64. The summed E-state index contributed by atoms with van der Waals surface area (Å²) in [7, 11) is 5.09. The molecule has 2 N–H and O–H groups in total. The van der Waals surface area contributed by atoms with Gasteiger partial charge in [-0.15, -0.1) is 0 Å². The quantitative estimate of drug-likeness (QED) is 0.239. The molecule has 0 radical (unpaired) electrons. The first kappa shape index (κ1) is 39.9. The smallest absolute Gasteiger partial charge is 0.409 e. The molecule has 5 saturated carbocycles. The van der Waals surface area contributed by atoms with Crippen molar-refractivity contribution in [1.29, 1.82) is 0 Å². The van der Waals surface area contributed by atoms with Gasteiger partial charge in [0.2, 0.25) is 0 Å². The minimum Gasteiger partial charge on any atom is -0.446 e. The lowest BCUT2D eigenvalue weighted by molar-refractivity contribution is -0.182. The number of fused-ring (bicyclic) bond motifs is 2. The van der Waals surface area contributed by atoms with Crippen molar-refractivity contribution in [2.24, 2.45) is 56.7 Å². The van der Waals surface area contributed by atoms with Gasteiger partial charge in [0.05, 0.1) is 24.8 Å². The zero-order valence-corrected chi connectivity index (χ0v) is 33.3. The Labute approximate surface area is 309 Å². The van der Waals surface area contributed by atoms with Crippen molar-refractivity contribution in [1.82, 2.24) is 15.1 Å². The second kappa shape index (κ2) is 13.5. The summed E-state index contributed by atoms with van der Waals surface area (Å²) >= 11 is 0. The highest BCUT2D eigenvalue weighted by Crippen LogP contribution is 2.89. The molecular formula is C40H66F3N3O6. The molecule has 1 heterocycles. The van der Waals surface area contributed by atoms with E-state index in [0.29, 0.717) is 17.8 Å². The fourth-order valence-electron chi connectivity index (χ4n) is 13.6. The van der Waals surface area contributed by atoms with Gasteiger partial charge in [0.15, 0.2) is 0 Å². The fraction of sp³-hybridized carbons (Fsp3) is 0.950. The number of carbonyl (C=O) groups is 2. The molecule has 2 spiro atoms. The van der Waals surface area contributed by atoms with Gasteiger partial charge in [-0.05, 0) is 104 Å². The van der Waals surface area contributed by atoms with E-state index in [2.05, 4.69) is 53.8 Å². The molecular weight excluding hydrogens is 675 g/mol. The van der Waals surface area contributed by atoms with E-state index in [1.807, 2.05) is 0 Å². The van der Waals surface area contributed by atoms with Gasteiger partial charge in [-0.3, -0.25) is 4.90 Å². The Bertz CT molecular complexity index is 1360. The molecule has 4 unspecified atom stereocenters. The lowest BCUT2D eigenvalue weighted by Crippen LogP contribution is -2.62. The number of alkyl halides is 3. The van der Waals surface area contributed by atoms with Crippen LogP contribution in [-0.4, -0.2) is 105 Å². The zero-order valence-electron chi connectivity index (χ0n) is 33.3. The summed E-state index contributed by atoms with van der Waals surface area (Å²) in [5.74, 6) is 1.47. The van der Waals surface area contributed by atoms with Gasteiger partial charge in [-0.1, -0.05) is 48.5 Å². The first-order valence-corrected chi connectivity index (χ1v) is 19.9. The Kier molecular flexibility index (Phi) is 10.3. The molecule has 0 aromatic heterocycles. The van der Waals surface area contributed by atoms with Crippen LogP contribution in [-0.2, 0) is 14.2 Å². The molecule has 6 fully saturated rings. The molecule has 298 valence electrons. The van der Waals surface area contributed by atoms with Gasteiger partial charge in [-0.2, -0.15) is 13.2 Å². The lowest BCUT2D eigenvalue weighted by atomic mass is 9.41. The van der Waals surface area contributed by atoms with Crippen molar-refractivity contribution in [3.8, 4) is 0 Å². The Balaban J connectivity index is 1.13. The van der Waals surface area contributed by atoms with Crippen molar-refractivity contribution >= 4 is 12.2 Å². The number of methoxy groups -OCH3 is 1. The first-order chi connectivity index (χ1) is 24.1. The van der Waals surface area contributed by atoms with Crippen molar-refractivity contribution in [2.45, 2.75) is 143 Å². The molecule has 2 amide bonds. The summed E-state index contributed by atoms with van der Waals surface area (Å²) in [5.41, 5.74) is -0.153. The van der Waals surface area contributed by atoms with E-state index in [4.69, 9.17) is 14.2 Å². The number of aliphatic hydroxyl groups excluding tert-OH is 1. The van der Waals surface area contributed by atoms with Gasteiger partial charge < -0.3 is 29.5 Å². The maximum absolute atomic E-state index is 13.0. The summed E-state index contributed by atoms with van der Waals surface area (Å²) in [4.78, 5) is 28.3. The van der Waals surface area contributed by atoms with Crippen molar-refractivity contribution in [2.75, 3.05) is 40.8 Å². The average molecular weight is 742 g/mol. The second-order valence-corrected chi connectivity index (χ2v) is 19.6. The highest BCUT2D eigenvalue weighted by Gasteiger charge is 2.83. The fourth-order valence-corrected chi connectivity index (χ4v) is 13.6. The van der Waals surface area contributed by atoms with Crippen LogP contribution >= 0.6 is 0 Å². The standard InChI is InChI=1S/C40H66F3N3O6/c1-23(2)32(52-34(49)45(8)9)27(50-10)17-24(3)26-18-30(47)37(7)29-12-11-28-35(4,5)31(13-14-38(28)21-39(29,38)16-15-36(26,37)6)51-33(48)44-25-19-46(20-25)22-40(41,42)43/h23-32,47H,11-22H2,1-10H3,(H,44,48)/t24-,26-,27?,28?,29?,30+,31+,32-,36-,37-,38-,39?/m1/s1. The van der Waals surface area contributed by atoms with E-state index in [-0.39, 0.29) is 82.4 Å². The first-order valence-electron chi connectivity index (χ1n) is 19.9. The Morgan fingerprint density at radius 3 is 2.21 bits per heavy atom. The number of hydrogen-bond donors (Lipinski definition) is 2. The highest BCUT2D eigenvalue weighted by molar-refractivity contribution is 5.68. The number of halogens is 3. The molecule has 0 aromatic carbocycles. The predicted molar refractivity (Wildman–Crippen MR) is 191 cm³/mol. The maximum Gasteiger partial charge on any atom is 0.409 e. The van der Waals surface area contributed by atoms with E-state index >= 15 is 0 Å². The molecule has 0 aromatic rings. The molecule has 12 heteroatoms. The summed E-state index contributed by atoms with van der Waals surface area (Å²) in [6.45, 7) is 15.2. The largest absolute Gasteiger partial charge is 0.446 e. The predicted octanol–water partition coefficient (Wildman–Crippen LogP) is 7.50. The minimum absolute atomic E-state index is 0.0462. The van der Waals surface area contributed by atoms with Crippen LogP contribution in [0.2, 0.25) is 0 Å². The number of aliphatic hydroxyl groups is 1. The number of rotatable bonds is 10. The third-order valence-electron chi connectivity index (χ3n) is 16.3. The van der Waals surface area contributed by atoms with Crippen molar-refractivity contribution in [3.05, 3.63) is 0 Å². The van der Waals surface area contributed by atoms with E-state index in [0.717, 1.165) is 51.4 Å². The summed E-state index contributed by atoms with van der Waals surface area (Å²) in [6.07, 6.45) is 2.37. The van der Waals surface area contributed by atoms with E-state index in [1.54, 1.807) is 21.2 Å². The summed E-state index contributed by atoms with van der Waals surface area (Å²) in [6, 6.07) is -0.325. The molecule has 0 bridgehead atoms. The number of ether oxygens (including phenoxy) is 3. The monoisotopic (exact) mass is 741 g/mol. The molecule has 6 aliphatic rings. The van der Waals surface area contributed by atoms with Crippen LogP contribution in [0.15, 0.2) is 0 Å². The van der Waals surface area contributed by atoms with Crippen LogP contribution in [0, 0.1) is 56.7 Å². The van der Waals surface area contributed by atoms with Gasteiger partial charge in [0.25, 0.3) is 0 Å². The topological polar surface area (TPSA) is 101 Å². The summed E-state index contributed by atoms with van der Waals surface area (Å²) in [5, 5.41) is 15.0. The van der Waals surface area contributed by atoms with Gasteiger partial charge in [0.1, 0.15) is 12.2 Å². The van der Waals surface area contributed by atoms with Gasteiger partial charge in [0, 0.05) is 45.1 Å². The zero-order chi connectivity index (χ0) is 38.4. The molecule has 1 aliphatic heterocycles. The van der Waals surface area contributed by atoms with Crippen LogP contribution in [0.3, 0.4) is 0 Å². The molecule has 5 aliphatic carbocycles. The normalized spacial score (nSPS) is 41.3. The number of hydrogen-bond acceptors (Lipinski definition) is 7. The number of likely N-dealkylation sites (tertiary alicyclic amines) is 1. The molecule has 52 heavy (non-hydrogen) atoms. The SMILES string of the molecule is COC(C[C@@H](C)[C@H]1C[C@H](O)[C@@]2(C)C3CCC4C(C)(C)[C@@H](OC(=O)NC5CN(CC(F)(F)F)C5)CC[C@@]45CC35CC[C@]12C)[C@H](OC(=O)N(C)C)C(C)C. The lowest BCUT2D eigenvalue weighted by Gasteiger charge is -2.64. The third-order valence-corrected chi connectivity index (χ3v) is 16.3. The van der Waals surface area contributed by atoms with Crippen LogP contribution in [0.1, 0.15) is 106 Å². The second-order valence-electron chi connectivity index (χ2n) is 19.6. The number of nitrogens with one attached hydrogen (secondary N) is 1. The Hall–Kier alpha value is -1.79. The third kappa shape index (κ3) is 6.24. The van der Waals surface area contributed by atoms with E-state index in [1.165, 1.54) is 16.2 Å². The maximum atomic E-state index is 13.0.